The molecule has 3 aliphatic heterocycles. The van der Waals surface area contributed by atoms with Crippen LogP contribution in [0.5, 0.6) is 0 Å². The number of amides is 12. The second kappa shape index (κ2) is 37.5. The first-order chi connectivity index (χ1) is 50.9. The van der Waals surface area contributed by atoms with Crippen LogP contribution >= 0.6 is 0 Å². The van der Waals surface area contributed by atoms with Crippen LogP contribution < -0.4 is 16.0 Å². The van der Waals surface area contributed by atoms with Crippen molar-refractivity contribution in [1.29, 1.82) is 0 Å². The van der Waals surface area contributed by atoms with Crippen LogP contribution in [0.4, 0.5) is 30.7 Å². The highest BCUT2D eigenvalue weighted by molar-refractivity contribution is 6.01. The van der Waals surface area contributed by atoms with Gasteiger partial charge in [-0.25, -0.2) is 4.39 Å². The predicted octanol–water partition coefficient (Wildman–Crippen LogP) is 7.04. The van der Waals surface area contributed by atoms with Crippen molar-refractivity contribution < 1.29 is 93.0 Å². The molecule has 2 saturated heterocycles. The minimum Gasteiger partial charge on any atom is -0.377 e. The molecule has 7 rings (SSSR count). The summed E-state index contributed by atoms with van der Waals surface area (Å²) >= 11 is 0. The highest BCUT2D eigenvalue weighted by Crippen LogP contribution is 2.50. The number of hydrogen-bond donors (Lipinski definition) is 3. The summed E-state index contributed by atoms with van der Waals surface area (Å²) in [7, 11) is 11.0. The lowest BCUT2D eigenvalue weighted by atomic mass is 9.58. The van der Waals surface area contributed by atoms with Gasteiger partial charge in [0.1, 0.15) is 60.0 Å². The lowest BCUT2D eigenvalue weighted by Crippen LogP contribution is -2.71. The number of nitrogens with one attached hydrogen (secondary N) is 3. The van der Waals surface area contributed by atoms with Gasteiger partial charge in [0, 0.05) is 82.5 Å². The average molecular weight is 1560 g/mol. The van der Waals surface area contributed by atoms with Gasteiger partial charge in [0.25, 0.3) is 0 Å². The zero-order valence-corrected chi connectivity index (χ0v) is 66.5. The van der Waals surface area contributed by atoms with Crippen molar-refractivity contribution >= 4 is 70.9 Å². The summed E-state index contributed by atoms with van der Waals surface area (Å²) < 4.78 is 107. The van der Waals surface area contributed by atoms with Gasteiger partial charge < -0.3 is 64.8 Å². The van der Waals surface area contributed by atoms with E-state index < -0.39 is 223 Å². The summed E-state index contributed by atoms with van der Waals surface area (Å²) in [6.07, 6.45) is -9.20. The molecule has 4 aliphatic carbocycles. The van der Waals surface area contributed by atoms with Crippen LogP contribution in [0.3, 0.4) is 0 Å². The minimum atomic E-state index is -4.67. The highest BCUT2D eigenvalue weighted by Gasteiger charge is 2.60. The van der Waals surface area contributed by atoms with Crippen LogP contribution in [0.15, 0.2) is 12.2 Å². The summed E-state index contributed by atoms with van der Waals surface area (Å²) in [5.74, 6) is -15.6. The highest BCUT2D eigenvalue weighted by atomic mass is 19.4. The van der Waals surface area contributed by atoms with Crippen LogP contribution in [0.1, 0.15) is 190 Å². The van der Waals surface area contributed by atoms with E-state index in [4.69, 9.17) is 4.74 Å². The smallest absolute Gasteiger partial charge is 0.377 e. The van der Waals surface area contributed by atoms with Crippen molar-refractivity contribution in [2.75, 3.05) is 89.2 Å². The zero-order valence-electron chi connectivity index (χ0n) is 66.5. The molecule has 2 bridgehead atoms. The standard InChI is InChI=1S/C77H121F7N12O13/c1-16-46(5)63-71(106)90(11)42-62(99)91(12)55-25-19-18-22-34-95(70(55)105)59(36-47-26-30-50(31-27-47)76(79,80)81)69(104)89(10)41-60(97)85-54(33-29-48-28-32-51(37-53(48)78)77(82,83)84)67(102)96-40-52(109-17-2)38-57(96)66(101)87-75(43-74(6,7)44-75)73(108)94(15)64(49-23-20-21-24-49)72(107)93(14)58(68(103)88(8)9)39-61(98)92(13)56(35-45(3)4)65(100)86-63/h18-19,45-59,63-64H,16-17,20-44H2,1-15H3,(H,85,97)(H,86,100)(H,87,101)/b19-18-/t46-,47?,48?,50?,51?,52+,53?,54-,55-,56-,57-,58-,59-,63-,64-/m0/s1. The molecule has 0 radical (unpaired) electrons. The van der Waals surface area contributed by atoms with E-state index in [1.807, 2.05) is 27.7 Å². The van der Waals surface area contributed by atoms with E-state index in [0.29, 0.717) is 32.1 Å². The van der Waals surface area contributed by atoms with Gasteiger partial charge in [0.05, 0.1) is 37.5 Å². The number of alkyl halides is 7. The fourth-order valence-electron chi connectivity index (χ4n) is 17.8. The molecule has 616 valence electrons. The predicted molar refractivity (Wildman–Crippen MR) is 390 cm³/mol. The number of carbonyl (C=O) groups is 12. The van der Waals surface area contributed by atoms with Crippen molar-refractivity contribution in [2.24, 2.45) is 46.8 Å². The topological polar surface area (TPSA) is 279 Å². The molecule has 4 saturated carbocycles. The van der Waals surface area contributed by atoms with E-state index in [9.17, 15) is 55.1 Å². The normalized spacial score (nSPS) is 31.6. The number of nitrogens with zero attached hydrogens (tertiary/aromatic N) is 9. The van der Waals surface area contributed by atoms with E-state index in [2.05, 4.69) is 16.0 Å². The number of rotatable bonds is 13. The Morgan fingerprint density at radius 1 is 0.651 bits per heavy atom. The molecule has 3 N–H and O–H groups in total. The number of fused-ring (bicyclic) bond motifs is 3. The maximum absolute atomic E-state index is 16.0. The summed E-state index contributed by atoms with van der Waals surface area (Å²) in [6, 6.07) is -11.2. The van der Waals surface area contributed by atoms with Gasteiger partial charge in [0.2, 0.25) is 70.9 Å². The Hall–Kier alpha value is -7.15. The molecular weight excluding hydrogens is 1430 g/mol. The van der Waals surface area contributed by atoms with Crippen LogP contribution in [0, 0.1) is 46.8 Å². The van der Waals surface area contributed by atoms with Gasteiger partial charge in [-0.05, 0) is 151 Å². The lowest BCUT2D eigenvalue weighted by Gasteiger charge is -2.54. The third-order valence-corrected chi connectivity index (χ3v) is 24.3. The molecule has 0 aromatic rings. The molecule has 109 heavy (non-hydrogen) atoms. The van der Waals surface area contributed by atoms with Gasteiger partial charge in [0.15, 0.2) is 0 Å². The molecule has 0 aromatic carbocycles. The Kier molecular flexibility index (Phi) is 30.6. The largest absolute Gasteiger partial charge is 0.391 e. The van der Waals surface area contributed by atoms with Gasteiger partial charge >= 0.3 is 12.4 Å². The molecule has 3 unspecified atom stereocenters. The monoisotopic (exact) mass is 1550 g/mol. The molecule has 6 fully saturated rings. The fourth-order valence-corrected chi connectivity index (χ4v) is 17.8. The van der Waals surface area contributed by atoms with Crippen molar-refractivity contribution in [3.05, 3.63) is 12.2 Å². The third-order valence-electron chi connectivity index (χ3n) is 24.3. The Bertz CT molecular complexity index is 3280. The van der Waals surface area contributed by atoms with Gasteiger partial charge in [-0.15, -0.1) is 0 Å². The van der Waals surface area contributed by atoms with Crippen LogP contribution in [0.2, 0.25) is 0 Å². The lowest BCUT2D eigenvalue weighted by molar-refractivity contribution is -0.190. The first-order valence-electron chi connectivity index (χ1n) is 39.2. The van der Waals surface area contributed by atoms with E-state index in [0.717, 1.165) is 19.6 Å². The number of carbonyl (C=O) groups excluding carboxylic acids is 12. The number of halogens is 7. The Morgan fingerprint density at radius 2 is 1.27 bits per heavy atom. The van der Waals surface area contributed by atoms with Crippen molar-refractivity contribution in [1.82, 2.24) is 60.0 Å². The molecule has 12 amide bonds. The molecule has 25 nitrogen and oxygen atoms in total. The molecule has 7 aliphatic rings. The number of hydrogen-bond acceptors (Lipinski definition) is 13. The quantitative estimate of drug-likeness (QED) is 0.123. The van der Waals surface area contributed by atoms with Gasteiger partial charge in [-0.2, -0.15) is 26.3 Å². The van der Waals surface area contributed by atoms with Crippen molar-refractivity contribution in [3.8, 4) is 0 Å². The van der Waals surface area contributed by atoms with Crippen LogP contribution in [-0.4, -0.2) is 283 Å². The van der Waals surface area contributed by atoms with E-state index in [-0.39, 0.29) is 116 Å². The summed E-state index contributed by atoms with van der Waals surface area (Å²) in [5.41, 5.74) is -2.31. The Balaban J connectivity index is 1.34. The van der Waals surface area contributed by atoms with Crippen LogP contribution in [-0.2, 0) is 62.3 Å². The molecule has 1 spiro atoms. The maximum Gasteiger partial charge on any atom is 0.391 e. The fraction of sp³-hybridized carbons (Fsp3) is 0.818. The minimum absolute atomic E-state index is 0.0142. The Morgan fingerprint density at radius 3 is 1.83 bits per heavy atom. The maximum atomic E-state index is 16.0. The SMILES string of the molecule is CCO[C@@H]1C[C@H]2C(=O)NC3(CC(C)(C)C3)C(=O)N(C)[C@@H](C3CCCC3)C(=O)N(C)[C@H](C(=O)N(C)C)CC(=O)N(C)[C@@H](CC(C)C)C(=O)N[C@@H]([C@@H](C)CC)C(=O)N(C)CC(=O)N(C)[C@H]3C/C=C\CCN(C3=O)[C@@H](CC3CCC(C(F)(F)F)CC3)C(=O)N(C)CC(=O)N[C@@H](CCC3CCC(C(F)(F)F)CC3F)C(=O)N2C1. The molecular formula is C77H121F7N12O13. The first kappa shape index (κ1) is 89.1. The average Bonchev–Trinajstić information content (AvgIpc) is 1.32. The van der Waals surface area contributed by atoms with Crippen molar-refractivity contribution in [2.45, 2.75) is 268 Å². The van der Waals surface area contributed by atoms with Gasteiger partial charge in [-0.1, -0.05) is 73.0 Å². The number of likely N-dealkylation sites (N-methyl/N-ethyl adjacent to an activating group) is 7. The summed E-state index contributed by atoms with van der Waals surface area (Å²) in [5, 5.41) is 8.57. The Labute approximate surface area is 637 Å². The first-order valence-corrected chi connectivity index (χ1v) is 39.2. The number of ether oxygens (including phenoxy) is 1. The summed E-state index contributed by atoms with van der Waals surface area (Å²) in [4.78, 5) is 193. The van der Waals surface area contributed by atoms with E-state index in [1.165, 1.54) is 80.9 Å². The van der Waals surface area contributed by atoms with E-state index in [1.54, 1.807) is 32.9 Å². The summed E-state index contributed by atoms with van der Waals surface area (Å²) in [6.45, 7) is 10.8. The molecule has 0 aromatic heterocycles. The van der Waals surface area contributed by atoms with Gasteiger partial charge in [-0.3, -0.25) is 57.5 Å². The molecule has 13 atom stereocenters. The van der Waals surface area contributed by atoms with E-state index >= 15 is 33.2 Å². The third kappa shape index (κ3) is 22.0. The second-order valence-electron chi connectivity index (χ2n) is 33.7. The molecule has 32 heteroatoms. The van der Waals surface area contributed by atoms with Crippen LogP contribution in [0.25, 0.3) is 0 Å². The van der Waals surface area contributed by atoms with Crippen molar-refractivity contribution in [3.63, 3.8) is 0 Å². The zero-order chi connectivity index (χ0) is 81.3. The molecule has 3 heterocycles. The second-order valence-corrected chi connectivity index (χ2v) is 33.7.